The highest BCUT2D eigenvalue weighted by Crippen LogP contribution is 2.22. The Kier molecular flexibility index (Phi) is 7.64. The summed E-state index contributed by atoms with van der Waals surface area (Å²) in [6.45, 7) is 5.64. The molecule has 3 aromatic rings. The van der Waals surface area contributed by atoms with Gasteiger partial charge in [-0.05, 0) is 62.7 Å². The maximum Gasteiger partial charge on any atom is 0.251 e. The number of aryl methyl sites for hydroxylation is 1. The Labute approximate surface area is 201 Å². The molecular formula is C25H32BN5O3. The third-order valence-corrected chi connectivity index (χ3v) is 6.67. The minimum Gasteiger partial charge on any atom is -0.497 e. The number of likely N-dealkylation sites (tertiary alicyclic amines) is 1. The number of aromatic nitrogens is 2. The smallest absolute Gasteiger partial charge is 0.251 e. The molecule has 3 heterocycles. The number of benzene rings is 1. The van der Waals surface area contributed by atoms with Crippen molar-refractivity contribution in [2.45, 2.75) is 32.4 Å². The first-order chi connectivity index (χ1) is 16.4. The third-order valence-electron chi connectivity index (χ3n) is 6.67. The molecule has 178 valence electrons. The van der Waals surface area contributed by atoms with Gasteiger partial charge in [0, 0.05) is 42.8 Å². The van der Waals surface area contributed by atoms with Gasteiger partial charge >= 0.3 is 0 Å². The van der Waals surface area contributed by atoms with E-state index < -0.39 is 0 Å². The topological polar surface area (TPSA) is 79.7 Å². The van der Waals surface area contributed by atoms with E-state index in [9.17, 15) is 9.59 Å². The zero-order valence-corrected chi connectivity index (χ0v) is 20.2. The minimum atomic E-state index is -0.0512. The molecule has 0 saturated carbocycles. The van der Waals surface area contributed by atoms with E-state index in [-0.39, 0.29) is 11.5 Å². The largest absolute Gasteiger partial charge is 0.497 e. The van der Waals surface area contributed by atoms with E-state index >= 15 is 0 Å². The van der Waals surface area contributed by atoms with Crippen molar-refractivity contribution in [3.8, 4) is 5.75 Å². The summed E-state index contributed by atoms with van der Waals surface area (Å²) in [6.07, 6.45) is 3.65. The van der Waals surface area contributed by atoms with Crippen molar-refractivity contribution in [1.29, 1.82) is 0 Å². The highest BCUT2D eigenvalue weighted by atomic mass is 16.5. The summed E-state index contributed by atoms with van der Waals surface area (Å²) in [5, 5.41) is 3.92. The molecule has 1 aromatic carbocycles. The van der Waals surface area contributed by atoms with Crippen LogP contribution in [0.5, 0.6) is 5.75 Å². The number of nitrogens with one attached hydrogen (secondary N) is 1. The molecule has 0 spiro atoms. The Hall–Kier alpha value is -3.17. The van der Waals surface area contributed by atoms with Gasteiger partial charge in [0.25, 0.3) is 5.56 Å². The number of pyridine rings is 2. The lowest BCUT2D eigenvalue weighted by Gasteiger charge is -2.37. The van der Waals surface area contributed by atoms with Crippen LogP contribution in [0.1, 0.15) is 18.4 Å². The zero-order chi connectivity index (χ0) is 24.1. The molecule has 0 bridgehead atoms. The van der Waals surface area contributed by atoms with Gasteiger partial charge in [0.05, 0.1) is 19.2 Å². The molecule has 2 aromatic heterocycles. The zero-order valence-electron chi connectivity index (χ0n) is 20.2. The maximum atomic E-state index is 12.8. The first kappa shape index (κ1) is 24.0. The van der Waals surface area contributed by atoms with E-state index in [0.29, 0.717) is 24.9 Å². The van der Waals surface area contributed by atoms with Crippen LogP contribution in [0, 0.1) is 6.92 Å². The summed E-state index contributed by atoms with van der Waals surface area (Å²) in [5.74, 6) is 1.28. The summed E-state index contributed by atoms with van der Waals surface area (Å²) in [6, 6.07) is 13.4. The molecule has 4 rings (SSSR count). The number of hydrogen-bond donors (Lipinski definition) is 1. The fourth-order valence-electron chi connectivity index (χ4n) is 4.69. The molecule has 9 heteroatoms. The molecule has 0 radical (unpaired) electrons. The van der Waals surface area contributed by atoms with Gasteiger partial charge in [-0.3, -0.25) is 9.59 Å². The standard InChI is InChI=1S/C25H32BN5O3/c1-18-15-25(33)30(22-16-20(34-2)6-7-21(18)22)14-13-29-11-8-19(9-12-29)31(26)17-24(32)28-23-5-3-4-10-27-23/h3-7,10,15-16,19H,8-9,11-14,17,26H2,1-2H3,(H,27,28,32). The van der Waals surface area contributed by atoms with Gasteiger partial charge in [-0.15, -0.1) is 0 Å². The van der Waals surface area contributed by atoms with E-state index in [1.165, 1.54) is 0 Å². The second-order valence-corrected chi connectivity index (χ2v) is 8.95. The number of carbonyl (C=O) groups excluding carboxylic acids is 1. The van der Waals surface area contributed by atoms with Crippen LogP contribution in [0.4, 0.5) is 5.82 Å². The van der Waals surface area contributed by atoms with Gasteiger partial charge in [0.2, 0.25) is 5.91 Å². The maximum absolute atomic E-state index is 12.8. The number of nitrogens with zero attached hydrogens (tertiary/aromatic N) is 4. The number of amides is 1. The molecule has 1 amide bonds. The molecule has 1 saturated heterocycles. The van der Waals surface area contributed by atoms with Crippen LogP contribution in [-0.4, -0.2) is 72.5 Å². The Morgan fingerprint density at radius 3 is 2.71 bits per heavy atom. The van der Waals surface area contributed by atoms with Crippen molar-refractivity contribution in [1.82, 2.24) is 19.3 Å². The van der Waals surface area contributed by atoms with Crippen molar-refractivity contribution in [2.75, 3.05) is 38.6 Å². The van der Waals surface area contributed by atoms with Crippen LogP contribution in [0.2, 0.25) is 0 Å². The van der Waals surface area contributed by atoms with E-state index in [1.54, 1.807) is 25.4 Å². The number of hydrogen-bond acceptors (Lipinski definition) is 6. The first-order valence-electron chi connectivity index (χ1n) is 11.8. The Morgan fingerprint density at radius 1 is 1.21 bits per heavy atom. The van der Waals surface area contributed by atoms with E-state index in [4.69, 9.17) is 4.74 Å². The number of anilines is 1. The second kappa shape index (κ2) is 10.8. The van der Waals surface area contributed by atoms with Crippen molar-refractivity contribution in [3.05, 3.63) is 64.6 Å². The number of carbonyl (C=O) groups is 1. The summed E-state index contributed by atoms with van der Waals surface area (Å²) in [7, 11) is 3.65. The number of methoxy groups -OCH3 is 1. The molecular weight excluding hydrogens is 429 g/mol. The summed E-state index contributed by atoms with van der Waals surface area (Å²) in [4.78, 5) is 33.8. The fraction of sp³-hybridized carbons (Fsp3) is 0.400. The second-order valence-electron chi connectivity index (χ2n) is 8.95. The number of piperidine rings is 1. The van der Waals surface area contributed by atoms with E-state index in [1.807, 2.05) is 49.8 Å². The summed E-state index contributed by atoms with van der Waals surface area (Å²) in [5.41, 5.74) is 1.92. The van der Waals surface area contributed by atoms with Crippen LogP contribution in [0.15, 0.2) is 53.5 Å². The average molecular weight is 461 g/mol. The van der Waals surface area contributed by atoms with E-state index in [0.717, 1.165) is 54.7 Å². The molecule has 0 unspecified atom stereocenters. The van der Waals surface area contributed by atoms with Crippen LogP contribution in [0.3, 0.4) is 0 Å². The number of ether oxygens (including phenoxy) is 1. The molecule has 1 fully saturated rings. The first-order valence-corrected chi connectivity index (χ1v) is 11.8. The van der Waals surface area contributed by atoms with Crippen molar-refractivity contribution in [3.63, 3.8) is 0 Å². The quantitative estimate of drug-likeness (QED) is 0.515. The lowest BCUT2D eigenvalue weighted by molar-refractivity contribution is -0.116. The van der Waals surface area contributed by atoms with Gasteiger partial charge < -0.3 is 24.3 Å². The molecule has 1 N–H and O–H groups in total. The highest BCUT2D eigenvalue weighted by Gasteiger charge is 2.23. The van der Waals surface area contributed by atoms with Crippen LogP contribution in [0.25, 0.3) is 10.9 Å². The van der Waals surface area contributed by atoms with Crippen molar-refractivity contribution in [2.24, 2.45) is 0 Å². The Balaban J connectivity index is 1.31. The van der Waals surface area contributed by atoms with Crippen molar-refractivity contribution >= 4 is 30.6 Å². The van der Waals surface area contributed by atoms with Crippen LogP contribution >= 0.6 is 0 Å². The summed E-state index contributed by atoms with van der Waals surface area (Å²) >= 11 is 0. The number of fused-ring (bicyclic) bond motifs is 1. The average Bonchev–Trinajstić information content (AvgIpc) is 2.84. The lowest BCUT2D eigenvalue weighted by atomic mass is 10.00. The predicted octanol–water partition coefficient (Wildman–Crippen LogP) is 1.67. The highest BCUT2D eigenvalue weighted by molar-refractivity contribution is 6.07. The van der Waals surface area contributed by atoms with Gasteiger partial charge in [0.1, 0.15) is 11.6 Å². The van der Waals surface area contributed by atoms with Gasteiger partial charge in [-0.25, -0.2) is 4.98 Å². The SMILES string of the molecule is BN(CC(=O)Nc1ccccn1)C1CCN(CCn2c(=O)cc(C)c3ccc(OC)cc32)CC1. The van der Waals surface area contributed by atoms with Gasteiger partial charge in [0.15, 0.2) is 7.98 Å². The monoisotopic (exact) mass is 461 g/mol. The number of rotatable bonds is 8. The normalized spacial score (nSPS) is 15.0. The molecule has 1 aliphatic rings. The molecule has 8 nitrogen and oxygen atoms in total. The Morgan fingerprint density at radius 2 is 2.00 bits per heavy atom. The van der Waals surface area contributed by atoms with Crippen LogP contribution < -0.4 is 15.6 Å². The molecule has 1 aliphatic heterocycles. The molecule has 34 heavy (non-hydrogen) atoms. The van der Waals surface area contributed by atoms with Crippen molar-refractivity contribution < 1.29 is 9.53 Å². The Bertz CT molecular complexity index is 1190. The van der Waals surface area contributed by atoms with Gasteiger partial charge in [-0.2, -0.15) is 0 Å². The predicted molar refractivity (Wildman–Crippen MR) is 137 cm³/mol. The molecule has 0 atom stereocenters. The summed E-state index contributed by atoms with van der Waals surface area (Å²) < 4.78 is 7.24. The lowest BCUT2D eigenvalue weighted by Crippen LogP contribution is -2.47. The fourth-order valence-corrected chi connectivity index (χ4v) is 4.69. The third kappa shape index (κ3) is 5.66. The van der Waals surface area contributed by atoms with Gasteiger partial charge in [-0.1, -0.05) is 6.07 Å². The van der Waals surface area contributed by atoms with Crippen LogP contribution in [-0.2, 0) is 11.3 Å². The minimum absolute atomic E-state index is 0.0202. The molecule has 0 aliphatic carbocycles. The van der Waals surface area contributed by atoms with E-state index in [2.05, 4.69) is 20.0 Å².